The highest BCUT2D eigenvalue weighted by atomic mass is 35.5. The average molecular weight is 256 g/mol. The summed E-state index contributed by atoms with van der Waals surface area (Å²) >= 11 is 7.54. The van der Waals surface area contributed by atoms with Gasteiger partial charge in [-0.15, -0.1) is 11.3 Å². The fourth-order valence-corrected chi connectivity index (χ4v) is 3.10. The Bertz CT molecular complexity index is 357. The van der Waals surface area contributed by atoms with Crippen molar-refractivity contribution in [1.82, 2.24) is 5.32 Å². The smallest absolute Gasteiger partial charge is 0.0931 e. The number of thiophene rings is 1. The fourth-order valence-electron chi connectivity index (χ4n) is 2.04. The third kappa shape index (κ3) is 3.93. The molecule has 1 nitrogen and oxygen atoms in total. The molecule has 0 unspecified atom stereocenters. The van der Waals surface area contributed by atoms with Gasteiger partial charge in [-0.3, -0.25) is 0 Å². The summed E-state index contributed by atoms with van der Waals surface area (Å²) in [5, 5.41) is 3.47. The second kappa shape index (κ2) is 6.43. The molecule has 1 aliphatic carbocycles. The van der Waals surface area contributed by atoms with Crippen LogP contribution in [0.4, 0.5) is 0 Å². The molecular formula is C13H18ClNS. The molecule has 0 saturated carbocycles. The van der Waals surface area contributed by atoms with Crippen molar-refractivity contribution in [2.45, 2.75) is 38.6 Å². The first-order chi connectivity index (χ1) is 7.84. The van der Waals surface area contributed by atoms with E-state index in [9.17, 15) is 0 Å². The molecule has 0 atom stereocenters. The maximum atomic E-state index is 5.88. The molecule has 88 valence electrons. The summed E-state index contributed by atoms with van der Waals surface area (Å²) in [6.07, 6.45) is 8.99. The zero-order valence-electron chi connectivity index (χ0n) is 9.47. The first-order valence-electron chi connectivity index (χ1n) is 5.97. The summed E-state index contributed by atoms with van der Waals surface area (Å²) in [6, 6.07) is 4.06. The summed E-state index contributed by atoms with van der Waals surface area (Å²) in [7, 11) is 0. The SMILES string of the molecule is Clc1ccc(CNCCC2=CCCCC2)s1. The molecule has 0 spiro atoms. The lowest BCUT2D eigenvalue weighted by atomic mass is 9.97. The van der Waals surface area contributed by atoms with E-state index in [4.69, 9.17) is 11.6 Å². The third-order valence-corrected chi connectivity index (χ3v) is 4.17. The van der Waals surface area contributed by atoms with Crippen LogP contribution in [-0.2, 0) is 6.54 Å². The fraction of sp³-hybridized carbons (Fsp3) is 0.538. The molecule has 16 heavy (non-hydrogen) atoms. The first kappa shape index (κ1) is 12.2. The van der Waals surface area contributed by atoms with Crippen LogP contribution in [0.15, 0.2) is 23.8 Å². The largest absolute Gasteiger partial charge is 0.312 e. The van der Waals surface area contributed by atoms with Crippen LogP contribution in [-0.4, -0.2) is 6.54 Å². The Labute approximate surface area is 107 Å². The molecule has 2 rings (SSSR count). The number of rotatable bonds is 5. The van der Waals surface area contributed by atoms with Crippen LogP contribution >= 0.6 is 22.9 Å². The van der Waals surface area contributed by atoms with E-state index in [2.05, 4.69) is 17.5 Å². The molecule has 0 radical (unpaired) electrons. The van der Waals surface area contributed by atoms with Gasteiger partial charge < -0.3 is 5.32 Å². The molecule has 0 fully saturated rings. The molecule has 0 aliphatic heterocycles. The Balaban J connectivity index is 1.63. The molecule has 0 aromatic carbocycles. The second-order valence-corrected chi connectivity index (χ2v) is 6.04. The van der Waals surface area contributed by atoms with Crippen molar-refractivity contribution in [3.8, 4) is 0 Å². The van der Waals surface area contributed by atoms with E-state index in [-0.39, 0.29) is 0 Å². The Morgan fingerprint density at radius 2 is 2.25 bits per heavy atom. The van der Waals surface area contributed by atoms with E-state index in [1.165, 1.54) is 37.0 Å². The topological polar surface area (TPSA) is 12.0 Å². The molecule has 3 heteroatoms. The number of nitrogens with one attached hydrogen (secondary N) is 1. The lowest BCUT2D eigenvalue weighted by molar-refractivity contribution is 0.635. The number of hydrogen-bond donors (Lipinski definition) is 1. The van der Waals surface area contributed by atoms with Crippen LogP contribution < -0.4 is 5.32 Å². The van der Waals surface area contributed by atoms with Crippen molar-refractivity contribution in [1.29, 1.82) is 0 Å². The van der Waals surface area contributed by atoms with E-state index in [1.807, 2.05) is 6.07 Å². The molecule has 1 heterocycles. The predicted molar refractivity (Wildman–Crippen MR) is 72.2 cm³/mol. The summed E-state index contributed by atoms with van der Waals surface area (Å²) in [6.45, 7) is 2.03. The first-order valence-corrected chi connectivity index (χ1v) is 7.17. The van der Waals surface area contributed by atoms with Gasteiger partial charge in [0.1, 0.15) is 0 Å². The van der Waals surface area contributed by atoms with Gasteiger partial charge in [-0.25, -0.2) is 0 Å². The quantitative estimate of drug-likeness (QED) is 0.608. The van der Waals surface area contributed by atoms with E-state index in [0.29, 0.717) is 0 Å². The summed E-state index contributed by atoms with van der Waals surface area (Å²) < 4.78 is 0.881. The lowest BCUT2D eigenvalue weighted by Crippen LogP contribution is -2.14. The zero-order valence-corrected chi connectivity index (χ0v) is 11.0. The number of halogens is 1. The Kier molecular flexibility index (Phi) is 4.89. The molecule has 1 N–H and O–H groups in total. The molecule has 0 amide bonds. The van der Waals surface area contributed by atoms with Gasteiger partial charge in [0.15, 0.2) is 0 Å². The van der Waals surface area contributed by atoms with Crippen molar-refractivity contribution in [2.75, 3.05) is 6.54 Å². The van der Waals surface area contributed by atoms with Gasteiger partial charge in [0.05, 0.1) is 4.34 Å². The summed E-state index contributed by atoms with van der Waals surface area (Å²) in [5.41, 5.74) is 1.64. The maximum absolute atomic E-state index is 5.88. The van der Waals surface area contributed by atoms with Crippen LogP contribution in [0, 0.1) is 0 Å². The van der Waals surface area contributed by atoms with Gasteiger partial charge in [0.25, 0.3) is 0 Å². The summed E-state index contributed by atoms with van der Waals surface area (Å²) in [5.74, 6) is 0. The predicted octanol–water partition coefficient (Wildman–Crippen LogP) is 4.38. The standard InChI is InChI=1S/C13H18ClNS/c14-13-7-6-12(16-13)10-15-9-8-11-4-2-1-3-5-11/h4,6-7,15H,1-3,5,8-10H2. The van der Waals surface area contributed by atoms with Crippen LogP contribution in [0.2, 0.25) is 4.34 Å². The van der Waals surface area contributed by atoms with E-state index in [1.54, 1.807) is 16.9 Å². The van der Waals surface area contributed by atoms with Gasteiger partial charge in [-0.2, -0.15) is 0 Å². The van der Waals surface area contributed by atoms with Crippen molar-refractivity contribution >= 4 is 22.9 Å². The van der Waals surface area contributed by atoms with Gasteiger partial charge in [0.2, 0.25) is 0 Å². The van der Waals surface area contributed by atoms with E-state index >= 15 is 0 Å². The highest BCUT2D eigenvalue weighted by molar-refractivity contribution is 7.16. The average Bonchev–Trinajstić information content (AvgIpc) is 2.72. The van der Waals surface area contributed by atoms with E-state index < -0.39 is 0 Å². The van der Waals surface area contributed by atoms with Crippen LogP contribution in [0.3, 0.4) is 0 Å². The van der Waals surface area contributed by atoms with Crippen molar-refractivity contribution in [3.05, 3.63) is 33.0 Å². The van der Waals surface area contributed by atoms with Crippen LogP contribution in [0.5, 0.6) is 0 Å². The van der Waals surface area contributed by atoms with Gasteiger partial charge in [-0.05, 0) is 50.8 Å². The molecule has 1 aliphatic rings. The van der Waals surface area contributed by atoms with Crippen molar-refractivity contribution < 1.29 is 0 Å². The van der Waals surface area contributed by atoms with Gasteiger partial charge in [0, 0.05) is 11.4 Å². The lowest BCUT2D eigenvalue weighted by Gasteiger charge is -2.12. The number of allylic oxidation sites excluding steroid dienone is 1. The minimum atomic E-state index is 0.881. The molecule has 1 aromatic rings. The second-order valence-electron chi connectivity index (χ2n) is 4.24. The monoisotopic (exact) mass is 255 g/mol. The minimum Gasteiger partial charge on any atom is -0.312 e. The maximum Gasteiger partial charge on any atom is 0.0931 e. The minimum absolute atomic E-state index is 0.881. The third-order valence-electron chi connectivity index (χ3n) is 2.94. The summed E-state index contributed by atoms with van der Waals surface area (Å²) in [4.78, 5) is 1.32. The Morgan fingerprint density at radius 3 is 2.94 bits per heavy atom. The highest BCUT2D eigenvalue weighted by Crippen LogP contribution is 2.21. The molecule has 1 aromatic heterocycles. The van der Waals surface area contributed by atoms with E-state index in [0.717, 1.165) is 17.4 Å². The molecular weight excluding hydrogens is 238 g/mol. The molecule has 0 saturated heterocycles. The Morgan fingerprint density at radius 1 is 1.31 bits per heavy atom. The normalized spacial score (nSPS) is 16.2. The van der Waals surface area contributed by atoms with Crippen molar-refractivity contribution in [2.24, 2.45) is 0 Å². The Hall–Kier alpha value is -0.310. The van der Waals surface area contributed by atoms with Crippen LogP contribution in [0.1, 0.15) is 37.0 Å². The number of hydrogen-bond acceptors (Lipinski definition) is 2. The zero-order chi connectivity index (χ0) is 11.2. The van der Waals surface area contributed by atoms with Crippen molar-refractivity contribution in [3.63, 3.8) is 0 Å². The molecule has 0 bridgehead atoms. The van der Waals surface area contributed by atoms with Gasteiger partial charge in [-0.1, -0.05) is 23.3 Å². The van der Waals surface area contributed by atoms with Gasteiger partial charge >= 0.3 is 0 Å². The highest BCUT2D eigenvalue weighted by Gasteiger charge is 2.03. The van der Waals surface area contributed by atoms with Crippen LogP contribution in [0.25, 0.3) is 0 Å².